The Morgan fingerprint density at radius 3 is 2.65 bits per heavy atom. The maximum Gasteiger partial charge on any atom is 0.0323 e. The average molecular weight is 298 g/mol. The molecule has 0 heterocycles. The fourth-order valence-corrected chi connectivity index (χ4v) is 2.37. The number of benzene rings is 1. The first-order valence-corrected chi connectivity index (χ1v) is 7.45. The molecular weight excluding hydrogens is 274 g/mol. The minimum absolute atomic E-state index is 0.488. The van der Waals surface area contributed by atoms with Crippen LogP contribution in [0.15, 0.2) is 28.7 Å². The number of hydrogen-bond acceptors (Lipinski definition) is 1. The molecule has 1 nitrogen and oxygen atoms in total. The highest BCUT2D eigenvalue weighted by Gasteiger charge is 2.13. The number of rotatable bonds is 7. The Labute approximate surface area is 114 Å². The molecule has 0 saturated carbocycles. The van der Waals surface area contributed by atoms with Gasteiger partial charge in [0.25, 0.3) is 0 Å². The SMILES string of the molecule is CCCNC(CC(C)CC)c1cccc(Br)c1. The highest BCUT2D eigenvalue weighted by atomic mass is 79.9. The van der Waals surface area contributed by atoms with Gasteiger partial charge in [0.1, 0.15) is 0 Å². The van der Waals surface area contributed by atoms with Gasteiger partial charge in [-0.2, -0.15) is 0 Å². The van der Waals surface area contributed by atoms with E-state index < -0.39 is 0 Å². The van der Waals surface area contributed by atoms with Gasteiger partial charge in [0, 0.05) is 10.5 Å². The molecule has 1 N–H and O–H groups in total. The second-order valence-corrected chi connectivity index (χ2v) is 5.73. The quantitative estimate of drug-likeness (QED) is 0.753. The van der Waals surface area contributed by atoms with Crippen LogP contribution in [0.4, 0.5) is 0 Å². The smallest absolute Gasteiger partial charge is 0.0323 e. The van der Waals surface area contributed by atoms with Gasteiger partial charge >= 0.3 is 0 Å². The predicted molar refractivity (Wildman–Crippen MR) is 79.2 cm³/mol. The summed E-state index contributed by atoms with van der Waals surface area (Å²) in [5.74, 6) is 0.767. The van der Waals surface area contributed by atoms with E-state index in [0.717, 1.165) is 12.5 Å². The Kier molecular flexibility index (Phi) is 6.83. The largest absolute Gasteiger partial charge is 0.310 e. The van der Waals surface area contributed by atoms with Gasteiger partial charge < -0.3 is 5.32 Å². The van der Waals surface area contributed by atoms with E-state index in [-0.39, 0.29) is 0 Å². The number of nitrogens with one attached hydrogen (secondary N) is 1. The Balaban J connectivity index is 2.74. The molecule has 0 aliphatic heterocycles. The molecule has 1 aromatic carbocycles. The molecule has 17 heavy (non-hydrogen) atoms. The summed E-state index contributed by atoms with van der Waals surface area (Å²) in [4.78, 5) is 0. The summed E-state index contributed by atoms with van der Waals surface area (Å²) in [5, 5.41) is 3.66. The summed E-state index contributed by atoms with van der Waals surface area (Å²) in [5.41, 5.74) is 1.40. The number of halogens is 1. The lowest BCUT2D eigenvalue weighted by molar-refractivity contribution is 0.402. The molecule has 0 bridgehead atoms. The third-order valence-electron chi connectivity index (χ3n) is 3.23. The fraction of sp³-hybridized carbons (Fsp3) is 0.600. The summed E-state index contributed by atoms with van der Waals surface area (Å²) in [6.45, 7) is 7.91. The molecule has 0 fully saturated rings. The van der Waals surface area contributed by atoms with Crippen LogP contribution in [-0.2, 0) is 0 Å². The van der Waals surface area contributed by atoms with Crippen LogP contribution < -0.4 is 5.32 Å². The summed E-state index contributed by atoms with van der Waals surface area (Å²) in [7, 11) is 0. The zero-order valence-electron chi connectivity index (χ0n) is 11.2. The third kappa shape index (κ3) is 5.22. The molecule has 0 amide bonds. The van der Waals surface area contributed by atoms with Crippen LogP contribution in [0.1, 0.15) is 51.6 Å². The molecule has 1 rings (SSSR count). The van der Waals surface area contributed by atoms with Gasteiger partial charge in [-0.3, -0.25) is 0 Å². The summed E-state index contributed by atoms with van der Waals surface area (Å²) >= 11 is 3.55. The molecule has 0 radical (unpaired) electrons. The Morgan fingerprint density at radius 1 is 1.29 bits per heavy atom. The fourth-order valence-electron chi connectivity index (χ4n) is 1.95. The molecular formula is C15H24BrN. The first-order chi connectivity index (χ1) is 8.17. The molecule has 2 heteroatoms. The first kappa shape index (κ1) is 14.7. The lowest BCUT2D eigenvalue weighted by Crippen LogP contribution is -2.24. The first-order valence-electron chi connectivity index (χ1n) is 6.66. The monoisotopic (exact) mass is 297 g/mol. The zero-order chi connectivity index (χ0) is 12.7. The maximum absolute atomic E-state index is 3.66. The van der Waals surface area contributed by atoms with Crippen molar-refractivity contribution in [2.24, 2.45) is 5.92 Å². The van der Waals surface area contributed by atoms with Crippen LogP contribution in [0, 0.1) is 5.92 Å². The van der Waals surface area contributed by atoms with Gasteiger partial charge in [-0.15, -0.1) is 0 Å². The molecule has 2 atom stereocenters. The molecule has 0 aliphatic carbocycles. The van der Waals surface area contributed by atoms with Crippen molar-refractivity contribution in [2.45, 2.75) is 46.1 Å². The van der Waals surface area contributed by atoms with E-state index in [2.05, 4.69) is 66.3 Å². The standard InChI is InChI=1S/C15H24BrN/c1-4-9-17-15(10-12(3)5-2)13-7-6-8-14(16)11-13/h6-8,11-12,15,17H,4-5,9-10H2,1-3H3. The molecule has 0 aliphatic rings. The van der Waals surface area contributed by atoms with Crippen molar-refractivity contribution in [3.05, 3.63) is 34.3 Å². The Morgan fingerprint density at radius 2 is 2.06 bits per heavy atom. The highest BCUT2D eigenvalue weighted by Crippen LogP contribution is 2.25. The van der Waals surface area contributed by atoms with Gasteiger partial charge in [0.2, 0.25) is 0 Å². The normalized spacial score (nSPS) is 14.6. The van der Waals surface area contributed by atoms with Crippen molar-refractivity contribution >= 4 is 15.9 Å². The summed E-state index contributed by atoms with van der Waals surface area (Å²) < 4.78 is 1.17. The zero-order valence-corrected chi connectivity index (χ0v) is 12.8. The molecule has 2 unspecified atom stereocenters. The van der Waals surface area contributed by atoms with Crippen molar-refractivity contribution in [2.75, 3.05) is 6.54 Å². The van der Waals surface area contributed by atoms with Crippen molar-refractivity contribution in [1.29, 1.82) is 0 Å². The van der Waals surface area contributed by atoms with Crippen LogP contribution in [0.2, 0.25) is 0 Å². The van der Waals surface area contributed by atoms with E-state index in [1.165, 1.54) is 29.3 Å². The molecule has 1 aromatic rings. The van der Waals surface area contributed by atoms with Crippen molar-refractivity contribution in [3.63, 3.8) is 0 Å². The van der Waals surface area contributed by atoms with Crippen LogP contribution in [0.25, 0.3) is 0 Å². The van der Waals surface area contributed by atoms with E-state index in [1.807, 2.05) is 0 Å². The van der Waals surface area contributed by atoms with Gasteiger partial charge in [-0.25, -0.2) is 0 Å². The minimum atomic E-state index is 0.488. The van der Waals surface area contributed by atoms with Crippen molar-refractivity contribution in [1.82, 2.24) is 5.32 Å². The van der Waals surface area contributed by atoms with E-state index in [4.69, 9.17) is 0 Å². The number of hydrogen-bond donors (Lipinski definition) is 1. The van der Waals surface area contributed by atoms with E-state index in [0.29, 0.717) is 6.04 Å². The van der Waals surface area contributed by atoms with E-state index in [1.54, 1.807) is 0 Å². The second-order valence-electron chi connectivity index (χ2n) is 4.81. The van der Waals surface area contributed by atoms with Crippen LogP contribution >= 0.6 is 15.9 Å². The lowest BCUT2D eigenvalue weighted by atomic mass is 9.94. The van der Waals surface area contributed by atoms with Gasteiger partial charge in [0.15, 0.2) is 0 Å². The summed E-state index contributed by atoms with van der Waals surface area (Å²) in [6, 6.07) is 9.15. The predicted octanol–water partition coefficient (Wildman–Crippen LogP) is 4.93. The van der Waals surface area contributed by atoms with Crippen molar-refractivity contribution in [3.8, 4) is 0 Å². The van der Waals surface area contributed by atoms with Crippen LogP contribution in [0.5, 0.6) is 0 Å². The second kappa shape index (κ2) is 7.88. The van der Waals surface area contributed by atoms with Gasteiger partial charge in [0.05, 0.1) is 0 Å². The molecule has 96 valence electrons. The van der Waals surface area contributed by atoms with Gasteiger partial charge in [-0.1, -0.05) is 55.3 Å². The molecule has 0 spiro atoms. The maximum atomic E-state index is 3.66. The highest BCUT2D eigenvalue weighted by molar-refractivity contribution is 9.10. The molecule has 0 saturated heterocycles. The Bertz CT molecular complexity index is 324. The van der Waals surface area contributed by atoms with Crippen LogP contribution in [-0.4, -0.2) is 6.54 Å². The molecule has 0 aromatic heterocycles. The van der Waals surface area contributed by atoms with Crippen molar-refractivity contribution < 1.29 is 0 Å². The Hall–Kier alpha value is -0.340. The summed E-state index contributed by atoms with van der Waals surface area (Å²) in [6.07, 6.45) is 3.65. The third-order valence-corrected chi connectivity index (χ3v) is 3.72. The van der Waals surface area contributed by atoms with E-state index >= 15 is 0 Å². The van der Waals surface area contributed by atoms with Gasteiger partial charge in [-0.05, 0) is 43.0 Å². The topological polar surface area (TPSA) is 12.0 Å². The van der Waals surface area contributed by atoms with E-state index in [9.17, 15) is 0 Å². The average Bonchev–Trinajstić information content (AvgIpc) is 2.34. The lowest BCUT2D eigenvalue weighted by Gasteiger charge is -2.22. The minimum Gasteiger partial charge on any atom is -0.310 e. The van der Waals surface area contributed by atoms with Crippen LogP contribution in [0.3, 0.4) is 0 Å².